The van der Waals surface area contributed by atoms with Gasteiger partial charge in [0.25, 0.3) is 5.76 Å². The standard InChI is InChI=1S/C12H10ClF2N3S/c13-7-5-8(16)11(17-6-7)18-9-3-1-2-4-10(9)19-12(14)15/h1-6,12H,16H2,(H,17,18). The third kappa shape index (κ3) is 3.71. The summed E-state index contributed by atoms with van der Waals surface area (Å²) in [5, 5.41) is 3.34. The van der Waals surface area contributed by atoms with Crippen LogP contribution < -0.4 is 11.1 Å². The van der Waals surface area contributed by atoms with Gasteiger partial charge in [-0.1, -0.05) is 35.5 Å². The first-order valence-corrected chi connectivity index (χ1v) is 6.54. The van der Waals surface area contributed by atoms with E-state index in [4.69, 9.17) is 17.3 Å². The molecule has 2 aromatic rings. The molecule has 0 saturated heterocycles. The van der Waals surface area contributed by atoms with Gasteiger partial charge in [0.2, 0.25) is 0 Å². The molecule has 0 atom stereocenters. The lowest BCUT2D eigenvalue weighted by molar-refractivity contribution is 0.252. The van der Waals surface area contributed by atoms with Gasteiger partial charge in [0.1, 0.15) is 0 Å². The van der Waals surface area contributed by atoms with E-state index in [1.54, 1.807) is 30.3 Å². The molecule has 0 unspecified atom stereocenters. The van der Waals surface area contributed by atoms with Gasteiger partial charge in [0, 0.05) is 11.1 Å². The number of anilines is 3. The summed E-state index contributed by atoms with van der Waals surface area (Å²) in [6.45, 7) is 0. The first-order valence-electron chi connectivity index (χ1n) is 5.28. The largest absolute Gasteiger partial charge is 0.396 e. The monoisotopic (exact) mass is 301 g/mol. The van der Waals surface area contributed by atoms with Crippen LogP contribution in [-0.4, -0.2) is 10.7 Å². The van der Waals surface area contributed by atoms with E-state index < -0.39 is 5.76 Å². The van der Waals surface area contributed by atoms with Crippen molar-refractivity contribution in [3.05, 3.63) is 41.6 Å². The van der Waals surface area contributed by atoms with Gasteiger partial charge in [0.15, 0.2) is 5.82 Å². The van der Waals surface area contributed by atoms with Gasteiger partial charge in [-0.2, -0.15) is 8.78 Å². The Kier molecular flexibility index (Phi) is 4.44. The van der Waals surface area contributed by atoms with Gasteiger partial charge in [-0.05, 0) is 18.2 Å². The van der Waals surface area contributed by atoms with Crippen molar-refractivity contribution in [3.8, 4) is 0 Å². The lowest BCUT2D eigenvalue weighted by atomic mass is 10.3. The molecule has 0 saturated carbocycles. The number of benzene rings is 1. The second-order valence-corrected chi connectivity index (χ2v) is 5.06. The van der Waals surface area contributed by atoms with Crippen molar-refractivity contribution in [1.29, 1.82) is 0 Å². The van der Waals surface area contributed by atoms with Crippen molar-refractivity contribution in [2.45, 2.75) is 10.7 Å². The maximum Gasteiger partial charge on any atom is 0.288 e. The van der Waals surface area contributed by atoms with E-state index in [0.717, 1.165) is 0 Å². The minimum absolute atomic E-state index is 0.351. The fourth-order valence-electron chi connectivity index (χ4n) is 1.46. The lowest BCUT2D eigenvalue weighted by Crippen LogP contribution is -2.00. The van der Waals surface area contributed by atoms with Gasteiger partial charge in [0.05, 0.1) is 16.4 Å². The Morgan fingerprint density at radius 1 is 1.32 bits per heavy atom. The molecule has 1 heterocycles. The smallest absolute Gasteiger partial charge is 0.288 e. The van der Waals surface area contributed by atoms with Crippen molar-refractivity contribution >= 4 is 40.6 Å². The Morgan fingerprint density at radius 2 is 2.05 bits per heavy atom. The van der Waals surface area contributed by atoms with Gasteiger partial charge in [-0.25, -0.2) is 4.98 Å². The van der Waals surface area contributed by atoms with Crippen molar-refractivity contribution in [3.63, 3.8) is 0 Å². The number of nitrogens with one attached hydrogen (secondary N) is 1. The van der Waals surface area contributed by atoms with Crippen LogP contribution in [0, 0.1) is 0 Å². The summed E-state index contributed by atoms with van der Waals surface area (Å²) in [6, 6.07) is 8.25. The van der Waals surface area contributed by atoms with E-state index in [9.17, 15) is 8.78 Å². The van der Waals surface area contributed by atoms with Crippen molar-refractivity contribution in [2.24, 2.45) is 0 Å². The van der Waals surface area contributed by atoms with Crippen LogP contribution in [0.3, 0.4) is 0 Å². The predicted octanol–water partition coefficient (Wildman–Crippen LogP) is 4.38. The summed E-state index contributed by atoms with van der Waals surface area (Å²) in [7, 11) is 0. The number of aromatic nitrogens is 1. The van der Waals surface area contributed by atoms with Crippen LogP contribution in [0.4, 0.5) is 26.0 Å². The Morgan fingerprint density at radius 3 is 2.74 bits per heavy atom. The van der Waals surface area contributed by atoms with E-state index in [0.29, 0.717) is 38.9 Å². The van der Waals surface area contributed by atoms with Crippen LogP contribution >= 0.6 is 23.4 Å². The maximum atomic E-state index is 12.4. The zero-order chi connectivity index (χ0) is 13.8. The molecule has 2 rings (SSSR count). The number of halogens is 3. The zero-order valence-electron chi connectivity index (χ0n) is 9.61. The lowest BCUT2D eigenvalue weighted by Gasteiger charge is -2.12. The minimum atomic E-state index is -2.49. The Labute approximate surface area is 118 Å². The van der Waals surface area contributed by atoms with E-state index in [1.165, 1.54) is 6.20 Å². The second-order valence-electron chi connectivity index (χ2n) is 3.59. The van der Waals surface area contributed by atoms with E-state index in [-0.39, 0.29) is 0 Å². The molecule has 7 heteroatoms. The normalized spacial score (nSPS) is 10.7. The second kappa shape index (κ2) is 6.08. The Bertz CT molecular complexity index is 581. The summed E-state index contributed by atoms with van der Waals surface area (Å²) in [6.07, 6.45) is 1.43. The van der Waals surface area contributed by atoms with Gasteiger partial charge < -0.3 is 11.1 Å². The van der Waals surface area contributed by atoms with Crippen LogP contribution in [0.15, 0.2) is 41.4 Å². The molecule has 1 aromatic carbocycles. The molecule has 100 valence electrons. The average Bonchev–Trinajstić information content (AvgIpc) is 2.34. The SMILES string of the molecule is Nc1cc(Cl)cnc1Nc1ccccc1SC(F)F. The minimum Gasteiger partial charge on any atom is -0.396 e. The molecule has 0 fully saturated rings. The van der Waals surface area contributed by atoms with Crippen molar-refractivity contribution < 1.29 is 8.78 Å². The molecular weight excluding hydrogens is 292 g/mol. The first-order chi connectivity index (χ1) is 9.06. The third-order valence-corrected chi connectivity index (χ3v) is 3.23. The third-order valence-electron chi connectivity index (χ3n) is 2.24. The van der Waals surface area contributed by atoms with Gasteiger partial charge >= 0.3 is 0 Å². The highest BCUT2D eigenvalue weighted by Gasteiger charge is 2.11. The highest BCUT2D eigenvalue weighted by atomic mass is 35.5. The maximum absolute atomic E-state index is 12.4. The number of para-hydroxylation sites is 1. The number of hydrogen-bond donors (Lipinski definition) is 2. The highest BCUT2D eigenvalue weighted by molar-refractivity contribution is 7.99. The van der Waals surface area contributed by atoms with Crippen molar-refractivity contribution in [2.75, 3.05) is 11.1 Å². The zero-order valence-corrected chi connectivity index (χ0v) is 11.2. The quantitative estimate of drug-likeness (QED) is 0.823. The number of hydrogen-bond acceptors (Lipinski definition) is 4. The number of nitrogens with zero attached hydrogens (tertiary/aromatic N) is 1. The number of thioether (sulfide) groups is 1. The van der Waals surface area contributed by atoms with Gasteiger partial charge in [-0.15, -0.1) is 0 Å². The topological polar surface area (TPSA) is 50.9 Å². The Balaban J connectivity index is 2.27. The molecule has 1 aromatic heterocycles. The average molecular weight is 302 g/mol. The molecule has 3 nitrogen and oxygen atoms in total. The molecule has 0 spiro atoms. The molecule has 0 aliphatic heterocycles. The number of alkyl halides is 2. The van der Waals surface area contributed by atoms with Crippen LogP contribution in [0.2, 0.25) is 5.02 Å². The van der Waals surface area contributed by atoms with Crippen LogP contribution in [0.25, 0.3) is 0 Å². The number of rotatable bonds is 4. The summed E-state index contributed by atoms with van der Waals surface area (Å²) in [4.78, 5) is 4.45. The molecule has 19 heavy (non-hydrogen) atoms. The number of nitrogen functional groups attached to an aromatic ring is 1. The molecule has 0 amide bonds. The van der Waals surface area contributed by atoms with E-state index >= 15 is 0 Å². The van der Waals surface area contributed by atoms with E-state index in [1.807, 2.05) is 0 Å². The molecule has 0 bridgehead atoms. The van der Waals surface area contributed by atoms with Crippen LogP contribution in [0.5, 0.6) is 0 Å². The van der Waals surface area contributed by atoms with Crippen LogP contribution in [-0.2, 0) is 0 Å². The highest BCUT2D eigenvalue weighted by Crippen LogP contribution is 2.34. The number of pyridine rings is 1. The summed E-state index contributed by atoms with van der Waals surface area (Å²) < 4.78 is 24.9. The summed E-state index contributed by atoms with van der Waals surface area (Å²) >= 11 is 6.21. The van der Waals surface area contributed by atoms with Crippen LogP contribution in [0.1, 0.15) is 0 Å². The molecule has 0 aliphatic carbocycles. The fourth-order valence-corrected chi connectivity index (χ4v) is 2.22. The molecule has 3 N–H and O–H groups in total. The van der Waals surface area contributed by atoms with Crippen molar-refractivity contribution in [1.82, 2.24) is 4.98 Å². The Hall–Kier alpha value is -1.53. The molecule has 0 radical (unpaired) electrons. The summed E-state index contributed by atoms with van der Waals surface area (Å²) in [5.74, 6) is -2.11. The fraction of sp³-hybridized carbons (Fsp3) is 0.0833. The molecular formula is C12H10ClF2N3S. The van der Waals surface area contributed by atoms with Gasteiger partial charge in [-0.3, -0.25) is 0 Å². The first kappa shape index (κ1) is 13.9. The number of nitrogens with two attached hydrogens (primary N) is 1. The predicted molar refractivity (Wildman–Crippen MR) is 75.2 cm³/mol. The summed E-state index contributed by atoms with van der Waals surface area (Å²) in [5.41, 5.74) is 6.63. The molecule has 0 aliphatic rings. The van der Waals surface area contributed by atoms with E-state index in [2.05, 4.69) is 10.3 Å².